The van der Waals surface area contributed by atoms with E-state index in [9.17, 15) is 18.0 Å². The number of benzene rings is 2. The molecule has 0 radical (unpaired) electrons. The molecule has 0 saturated carbocycles. The Morgan fingerprint density at radius 1 is 0.848 bits per heavy atom. The number of alkyl halides is 3. The summed E-state index contributed by atoms with van der Waals surface area (Å²) >= 11 is 0. The van der Waals surface area contributed by atoms with Gasteiger partial charge >= 0.3 is 12.1 Å². The lowest BCUT2D eigenvalue weighted by molar-refractivity contribution is -0.217. The van der Waals surface area contributed by atoms with Crippen molar-refractivity contribution in [2.45, 2.75) is 64.7 Å². The van der Waals surface area contributed by atoms with Crippen LogP contribution in [-0.2, 0) is 9.47 Å². The molecule has 0 aromatic heterocycles. The Morgan fingerprint density at radius 3 is 2.00 bits per heavy atom. The molecule has 0 amide bonds. The summed E-state index contributed by atoms with van der Waals surface area (Å²) in [4.78, 5) is 12.2. The number of hydrogen-bond donors (Lipinski definition) is 0. The molecule has 0 fully saturated rings. The van der Waals surface area contributed by atoms with Crippen molar-refractivity contribution in [2.24, 2.45) is 0 Å². The van der Waals surface area contributed by atoms with Gasteiger partial charge in [0.05, 0.1) is 18.8 Å². The van der Waals surface area contributed by atoms with Crippen LogP contribution in [0.1, 0.15) is 62.7 Å². The molecule has 0 N–H and O–H groups in total. The van der Waals surface area contributed by atoms with E-state index in [1.54, 1.807) is 19.1 Å². The van der Waals surface area contributed by atoms with Crippen LogP contribution in [0.5, 0.6) is 5.75 Å². The number of esters is 1. The van der Waals surface area contributed by atoms with Gasteiger partial charge in [-0.05, 0) is 48.7 Å². The minimum Gasteiger partial charge on any atom is -0.494 e. The largest absolute Gasteiger partial charge is 0.494 e. The summed E-state index contributed by atoms with van der Waals surface area (Å²) in [5.74, 6) is -0.248. The fourth-order valence-corrected chi connectivity index (χ4v) is 3.23. The molecule has 0 aliphatic carbocycles. The summed E-state index contributed by atoms with van der Waals surface area (Å²) in [7, 11) is 0. The molecule has 2 rings (SSSR count). The van der Waals surface area contributed by atoms with E-state index in [0.717, 1.165) is 23.3 Å². The lowest BCUT2D eigenvalue weighted by atomic mass is 10.0. The molecule has 0 aliphatic heterocycles. The molecular weight excluding hydrogens is 433 g/mol. The molecule has 2 aromatic rings. The smallest absolute Gasteiger partial charge is 0.427 e. The lowest BCUT2D eigenvalue weighted by Gasteiger charge is -2.20. The van der Waals surface area contributed by atoms with Crippen LogP contribution in [0, 0.1) is 0 Å². The minimum atomic E-state index is -4.69. The topological polar surface area (TPSA) is 44.8 Å². The van der Waals surface area contributed by atoms with E-state index in [0.29, 0.717) is 6.61 Å². The monoisotopic (exact) mass is 466 g/mol. The van der Waals surface area contributed by atoms with Crippen LogP contribution in [0.2, 0.25) is 0 Å². The zero-order chi connectivity index (χ0) is 24.1. The van der Waals surface area contributed by atoms with Gasteiger partial charge in [-0.3, -0.25) is 0 Å². The Labute approximate surface area is 194 Å². The maximum absolute atomic E-state index is 13.0. The van der Waals surface area contributed by atoms with Gasteiger partial charge < -0.3 is 14.2 Å². The molecule has 2 aromatic carbocycles. The summed E-state index contributed by atoms with van der Waals surface area (Å²) in [6.45, 7) is 3.83. The fraction of sp³-hybridized carbons (Fsp3) is 0.500. The first-order valence-corrected chi connectivity index (χ1v) is 11.5. The van der Waals surface area contributed by atoms with Crippen LogP contribution in [0.15, 0.2) is 48.5 Å². The van der Waals surface area contributed by atoms with E-state index in [1.165, 1.54) is 44.2 Å². The zero-order valence-electron chi connectivity index (χ0n) is 19.3. The van der Waals surface area contributed by atoms with Gasteiger partial charge in [-0.1, -0.05) is 63.3 Å². The number of carbonyl (C=O) groups is 1. The molecule has 0 saturated heterocycles. The molecule has 4 nitrogen and oxygen atoms in total. The fourth-order valence-electron chi connectivity index (χ4n) is 3.23. The molecule has 0 aliphatic rings. The van der Waals surface area contributed by atoms with E-state index in [4.69, 9.17) is 9.47 Å². The number of halogens is 3. The summed E-state index contributed by atoms with van der Waals surface area (Å²) in [6.07, 6.45) is 0.249. The van der Waals surface area contributed by atoms with Gasteiger partial charge in [0.1, 0.15) is 5.75 Å². The lowest BCUT2D eigenvalue weighted by Crippen LogP contribution is -2.37. The second-order valence-electron chi connectivity index (χ2n) is 7.81. The van der Waals surface area contributed by atoms with Crippen molar-refractivity contribution in [3.63, 3.8) is 0 Å². The molecule has 1 atom stereocenters. The van der Waals surface area contributed by atoms with E-state index in [2.05, 4.69) is 11.7 Å². The first-order valence-electron chi connectivity index (χ1n) is 11.5. The van der Waals surface area contributed by atoms with Crippen molar-refractivity contribution in [1.82, 2.24) is 0 Å². The molecule has 7 heteroatoms. The zero-order valence-corrected chi connectivity index (χ0v) is 19.3. The molecule has 33 heavy (non-hydrogen) atoms. The third kappa shape index (κ3) is 9.46. The highest BCUT2D eigenvalue weighted by Gasteiger charge is 2.43. The Bertz CT molecular complexity index is 817. The van der Waals surface area contributed by atoms with Gasteiger partial charge in [0, 0.05) is 6.61 Å². The van der Waals surface area contributed by atoms with Gasteiger partial charge in [0.2, 0.25) is 6.10 Å². The second kappa shape index (κ2) is 13.9. The van der Waals surface area contributed by atoms with Crippen molar-refractivity contribution in [3.05, 3.63) is 54.1 Å². The molecule has 0 heterocycles. The summed E-state index contributed by atoms with van der Waals surface area (Å²) in [6, 6.07) is 13.8. The highest BCUT2D eigenvalue weighted by Crippen LogP contribution is 2.26. The molecule has 0 spiro atoms. The molecule has 182 valence electrons. The van der Waals surface area contributed by atoms with Gasteiger partial charge in [-0.2, -0.15) is 13.2 Å². The minimum absolute atomic E-state index is 0.0448. The SMILES string of the molecule is CCCCCCCCOc1ccc(-c2ccc(C(=O)OC(COCC)C(F)(F)F)cc2)cc1. The van der Waals surface area contributed by atoms with Gasteiger partial charge in [0.15, 0.2) is 0 Å². The Balaban J connectivity index is 1.88. The standard InChI is InChI=1S/C26H33F3O4/c1-3-5-6-7-8-9-18-32-23-16-14-21(15-17-23)20-10-12-22(13-11-20)25(30)33-24(19-31-4-2)26(27,28)29/h10-17,24H,3-9,18-19H2,1-2H3. The Hall–Kier alpha value is -2.54. The molecule has 1 unspecified atom stereocenters. The quantitative estimate of drug-likeness (QED) is 0.218. The van der Waals surface area contributed by atoms with Crippen LogP contribution >= 0.6 is 0 Å². The maximum atomic E-state index is 13.0. The maximum Gasteiger partial charge on any atom is 0.427 e. The van der Waals surface area contributed by atoms with Gasteiger partial charge in [0.25, 0.3) is 0 Å². The van der Waals surface area contributed by atoms with Gasteiger partial charge in [-0.25, -0.2) is 4.79 Å². The number of ether oxygens (including phenoxy) is 3. The van der Waals surface area contributed by atoms with Crippen LogP contribution in [0.25, 0.3) is 11.1 Å². The molecular formula is C26H33F3O4. The third-order valence-electron chi connectivity index (χ3n) is 5.16. The number of unbranched alkanes of at least 4 members (excludes halogenated alkanes) is 5. The van der Waals surface area contributed by atoms with Crippen molar-refractivity contribution < 1.29 is 32.2 Å². The highest BCUT2D eigenvalue weighted by molar-refractivity contribution is 5.90. The van der Waals surface area contributed by atoms with E-state index < -0.39 is 24.9 Å². The first kappa shape index (κ1) is 26.7. The van der Waals surface area contributed by atoms with Crippen molar-refractivity contribution in [3.8, 4) is 16.9 Å². The van der Waals surface area contributed by atoms with Gasteiger partial charge in [-0.15, -0.1) is 0 Å². The summed E-state index contributed by atoms with van der Waals surface area (Å²) in [5, 5.41) is 0. The predicted octanol–water partition coefficient (Wildman–Crippen LogP) is 7.22. The van der Waals surface area contributed by atoms with Crippen molar-refractivity contribution >= 4 is 5.97 Å². The van der Waals surface area contributed by atoms with Crippen LogP contribution in [0.4, 0.5) is 13.2 Å². The Kier molecular flexibility index (Phi) is 11.2. The van der Waals surface area contributed by atoms with E-state index in [1.807, 2.05) is 24.3 Å². The number of rotatable bonds is 14. The third-order valence-corrected chi connectivity index (χ3v) is 5.16. The average molecular weight is 467 g/mol. The highest BCUT2D eigenvalue weighted by atomic mass is 19.4. The van der Waals surface area contributed by atoms with Crippen LogP contribution in [-0.4, -0.2) is 38.1 Å². The van der Waals surface area contributed by atoms with Crippen LogP contribution < -0.4 is 4.74 Å². The predicted molar refractivity (Wildman–Crippen MR) is 123 cm³/mol. The number of hydrogen-bond acceptors (Lipinski definition) is 4. The van der Waals surface area contributed by atoms with E-state index >= 15 is 0 Å². The van der Waals surface area contributed by atoms with Crippen molar-refractivity contribution in [2.75, 3.05) is 19.8 Å². The first-order chi connectivity index (χ1) is 15.8. The summed E-state index contributed by atoms with van der Waals surface area (Å²) < 4.78 is 54.3. The summed E-state index contributed by atoms with van der Waals surface area (Å²) in [5.41, 5.74) is 1.78. The van der Waals surface area contributed by atoms with Crippen molar-refractivity contribution in [1.29, 1.82) is 0 Å². The van der Waals surface area contributed by atoms with E-state index in [-0.39, 0.29) is 12.2 Å². The Morgan fingerprint density at radius 2 is 1.42 bits per heavy atom. The number of carbonyl (C=O) groups excluding carboxylic acids is 1. The second-order valence-corrected chi connectivity index (χ2v) is 7.81. The average Bonchev–Trinajstić information content (AvgIpc) is 2.81. The normalized spacial score (nSPS) is 12.4. The molecule has 0 bridgehead atoms. The van der Waals surface area contributed by atoms with Crippen LogP contribution in [0.3, 0.4) is 0 Å².